The quantitative estimate of drug-likeness (QED) is 0.867. The summed E-state index contributed by atoms with van der Waals surface area (Å²) in [5.41, 5.74) is 6.99. The first-order valence-electron chi connectivity index (χ1n) is 7.68. The molecule has 1 saturated carbocycles. The van der Waals surface area contributed by atoms with Gasteiger partial charge in [0.15, 0.2) is 0 Å². The van der Waals surface area contributed by atoms with Gasteiger partial charge in [0.2, 0.25) is 5.91 Å². The molecule has 2 rings (SSSR count). The Morgan fingerprint density at radius 2 is 2.15 bits per heavy atom. The summed E-state index contributed by atoms with van der Waals surface area (Å²) in [6.45, 7) is 2.80. The van der Waals surface area contributed by atoms with Gasteiger partial charge in [0.1, 0.15) is 0 Å². The van der Waals surface area contributed by atoms with Crippen molar-refractivity contribution in [2.75, 3.05) is 6.54 Å². The number of amides is 1. The lowest BCUT2D eigenvalue weighted by Gasteiger charge is -2.40. The highest BCUT2D eigenvalue weighted by Crippen LogP contribution is 2.31. The summed E-state index contributed by atoms with van der Waals surface area (Å²) in [6, 6.07) is 10.1. The van der Waals surface area contributed by atoms with Gasteiger partial charge in [-0.25, -0.2) is 0 Å². The van der Waals surface area contributed by atoms with Gasteiger partial charge >= 0.3 is 0 Å². The van der Waals surface area contributed by atoms with Crippen LogP contribution in [-0.2, 0) is 11.2 Å². The molecule has 1 aromatic carbocycles. The molecule has 3 N–H and O–H groups in total. The highest BCUT2D eigenvalue weighted by molar-refractivity contribution is 5.77. The Morgan fingerprint density at radius 1 is 1.40 bits per heavy atom. The standard InChI is InChI=1S/C17H26N2O/c1-14-6-5-11-17(12-14,13-18)19-16(20)10-9-15-7-3-2-4-8-15/h2-4,7-8,14H,5-6,9-13,18H2,1H3,(H,19,20). The highest BCUT2D eigenvalue weighted by Gasteiger charge is 2.34. The van der Waals surface area contributed by atoms with E-state index in [1.54, 1.807) is 0 Å². The van der Waals surface area contributed by atoms with Crippen LogP contribution in [0.1, 0.15) is 44.6 Å². The molecule has 20 heavy (non-hydrogen) atoms. The molecular weight excluding hydrogens is 248 g/mol. The molecule has 0 aromatic heterocycles. The van der Waals surface area contributed by atoms with Gasteiger partial charge in [-0.15, -0.1) is 0 Å². The minimum absolute atomic E-state index is 0.133. The van der Waals surface area contributed by atoms with Gasteiger partial charge in [0.05, 0.1) is 5.54 Å². The van der Waals surface area contributed by atoms with Crippen LogP contribution < -0.4 is 11.1 Å². The van der Waals surface area contributed by atoms with Crippen molar-refractivity contribution in [3.8, 4) is 0 Å². The van der Waals surface area contributed by atoms with E-state index in [1.165, 1.54) is 12.0 Å². The minimum atomic E-state index is -0.161. The average molecular weight is 274 g/mol. The highest BCUT2D eigenvalue weighted by atomic mass is 16.1. The normalized spacial score (nSPS) is 26.2. The SMILES string of the molecule is CC1CCCC(CN)(NC(=O)CCc2ccccc2)C1. The third-order valence-corrected chi connectivity index (χ3v) is 4.37. The van der Waals surface area contributed by atoms with E-state index in [0.717, 1.165) is 25.7 Å². The molecule has 1 aliphatic rings. The van der Waals surface area contributed by atoms with Crippen molar-refractivity contribution in [1.29, 1.82) is 0 Å². The van der Waals surface area contributed by atoms with Crippen LogP contribution in [0.3, 0.4) is 0 Å². The van der Waals surface area contributed by atoms with Crippen LogP contribution >= 0.6 is 0 Å². The summed E-state index contributed by atoms with van der Waals surface area (Å²) in [6.07, 6.45) is 5.79. The number of rotatable bonds is 5. The van der Waals surface area contributed by atoms with Crippen LogP contribution in [0.15, 0.2) is 30.3 Å². The van der Waals surface area contributed by atoms with E-state index in [2.05, 4.69) is 24.4 Å². The van der Waals surface area contributed by atoms with Crippen LogP contribution in [0, 0.1) is 5.92 Å². The molecule has 0 bridgehead atoms. The largest absolute Gasteiger partial charge is 0.349 e. The van der Waals surface area contributed by atoms with E-state index in [-0.39, 0.29) is 11.4 Å². The van der Waals surface area contributed by atoms with Crippen molar-refractivity contribution < 1.29 is 4.79 Å². The Balaban J connectivity index is 1.86. The van der Waals surface area contributed by atoms with E-state index < -0.39 is 0 Å². The van der Waals surface area contributed by atoms with Crippen molar-refractivity contribution in [2.45, 2.75) is 51.0 Å². The van der Waals surface area contributed by atoms with E-state index in [0.29, 0.717) is 18.9 Å². The second kappa shape index (κ2) is 6.89. The molecule has 110 valence electrons. The summed E-state index contributed by atoms with van der Waals surface area (Å²) in [7, 11) is 0. The summed E-state index contributed by atoms with van der Waals surface area (Å²) >= 11 is 0. The predicted molar refractivity (Wildman–Crippen MR) is 82.3 cm³/mol. The predicted octanol–water partition coefficient (Wildman–Crippen LogP) is 2.64. The first-order chi connectivity index (χ1) is 9.63. The van der Waals surface area contributed by atoms with Gasteiger partial charge in [-0.3, -0.25) is 4.79 Å². The lowest BCUT2D eigenvalue weighted by atomic mass is 9.76. The third-order valence-electron chi connectivity index (χ3n) is 4.37. The van der Waals surface area contributed by atoms with Crippen LogP contribution in [0.25, 0.3) is 0 Å². The zero-order valence-electron chi connectivity index (χ0n) is 12.4. The molecule has 1 fully saturated rings. The lowest BCUT2D eigenvalue weighted by Crippen LogP contribution is -2.56. The van der Waals surface area contributed by atoms with Crippen LogP contribution in [0.4, 0.5) is 0 Å². The molecule has 2 unspecified atom stereocenters. The van der Waals surface area contributed by atoms with Gasteiger partial charge in [0, 0.05) is 13.0 Å². The van der Waals surface area contributed by atoms with Crippen molar-refractivity contribution >= 4 is 5.91 Å². The van der Waals surface area contributed by atoms with E-state index in [4.69, 9.17) is 5.73 Å². The van der Waals surface area contributed by atoms with E-state index in [1.807, 2.05) is 18.2 Å². The fraction of sp³-hybridized carbons (Fsp3) is 0.588. The minimum Gasteiger partial charge on any atom is -0.349 e. The molecule has 0 radical (unpaired) electrons. The van der Waals surface area contributed by atoms with Gasteiger partial charge in [-0.2, -0.15) is 0 Å². The van der Waals surface area contributed by atoms with Crippen molar-refractivity contribution in [3.63, 3.8) is 0 Å². The number of nitrogens with one attached hydrogen (secondary N) is 1. The maximum absolute atomic E-state index is 12.2. The number of hydrogen-bond acceptors (Lipinski definition) is 2. The monoisotopic (exact) mass is 274 g/mol. The number of nitrogens with two attached hydrogens (primary N) is 1. The van der Waals surface area contributed by atoms with E-state index in [9.17, 15) is 4.79 Å². The molecule has 0 saturated heterocycles. The second-order valence-electron chi connectivity index (χ2n) is 6.22. The Labute approximate surface area is 121 Å². The van der Waals surface area contributed by atoms with Crippen LogP contribution in [-0.4, -0.2) is 18.0 Å². The Kier molecular flexibility index (Phi) is 5.18. The van der Waals surface area contributed by atoms with Crippen molar-refractivity contribution in [3.05, 3.63) is 35.9 Å². The maximum Gasteiger partial charge on any atom is 0.220 e. The Hall–Kier alpha value is -1.35. The maximum atomic E-state index is 12.2. The molecule has 3 heteroatoms. The zero-order valence-corrected chi connectivity index (χ0v) is 12.4. The summed E-state index contributed by atoms with van der Waals surface area (Å²) < 4.78 is 0. The van der Waals surface area contributed by atoms with Crippen LogP contribution in [0.2, 0.25) is 0 Å². The van der Waals surface area contributed by atoms with E-state index >= 15 is 0 Å². The molecule has 1 aromatic rings. The molecule has 0 aliphatic heterocycles. The summed E-state index contributed by atoms with van der Waals surface area (Å²) in [5, 5.41) is 3.22. The van der Waals surface area contributed by atoms with Gasteiger partial charge < -0.3 is 11.1 Å². The van der Waals surface area contributed by atoms with Gasteiger partial charge in [0.25, 0.3) is 0 Å². The molecule has 0 spiro atoms. The summed E-state index contributed by atoms with van der Waals surface area (Å²) in [4.78, 5) is 12.2. The van der Waals surface area contributed by atoms with Gasteiger partial charge in [-0.1, -0.05) is 50.1 Å². The number of carbonyl (C=O) groups is 1. The fourth-order valence-corrected chi connectivity index (χ4v) is 3.27. The number of hydrogen-bond donors (Lipinski definition) is 2. The fourth-order valence-electron chi connectivity index (χ4n) is 3.27. The lowest BCUT2D eigenvalue weighted by molar-refractivity contribution is -0.123. The number of benzene rings is 1. The topological polar surface area (TPSA) is 55.1 Å². The molecule has 1 amide bonds. The molecule has 0 heterocycles. The zero-order chi connectivity index (χ0) is 14.4. The average Bonchev–Trinajstić information content (AvgIpc) is 2.46. The van der Waals surface area contributed by atoms with Gasteiger partial charge in [-0.05, 0) is 30.7 Å². The first kappa shape index (κ1) is 15.0. The molecule has 2 atom stereocenters. The number of aryl methyl sites for hydroxylation is 1. The summed E-state index contributed by atoms with van der Waals surface area (Å²) in [5.74, 6) is 0.787. The third kappa shape index (κ3) is 4.07. The van der Waals surface area contributed by atoms with Crippen molar-refractivity contribution in [1.82, 2.24) is 5.32 Å². The molecule has 1 aliphatic carbocycles. The first-order valence-corrected chi connectivity index (χ1v) is 7.68. The molecule has 3 nitrogen and oxygen atoms in total. The smallest absolute Gasteiger partial charge is 0.220 e. The number of carbonyl (C=O) groups excluding carboxylic acids is 1. The van der Waals surface area contributed by atoms with Crippen molar-refractivity contribution in [2.24, 2.45) is 11.7 Å². The molecular formula is C17H26N2O. The Morgan fingerprint density at radius 3 is 2.80 bits per heavy atom. The van der Waals surface area contributed by atoms with Crippen LogP contribution in [0.5, 0.6) is 0 Å². The Bertz CT molecular complexity index is 432. The second-order valence-corrected chi connectivity index (χ2v) is 6.22.